The summed E-state index contributed by atoms with van der Waals surface area (Å²) in [4.78, 5) is 4.39. The summed E-state index contributed by atoms with van der Waals surface area (Å²) in [6, 6.07) is 9.74. The molecule has 0 spiro atoms. The van der Waals surface area contributed by atoms with E-state index < -0.39 is 0 Å². The molecule has 0 aliphatic heterocycles. The van der Waals surface area contributed by atoms with Crippen molar-refractivity contribution < 1.29 is 4.74 Å². The second-order valence-electron chi connectivity index (χ2n) is 3.07. The number of fused-ring (bicyclic) bond motifs is 1. The number of nitrogens with zero attached hydrogens (tertiary/aromatic N) is 1. The number of methoxy groups -OCH3 is 1. The van der Waals surface area contributed by atoms with Crippen LogP contribution < -0.4 is 10.5 Å². The smallest absolute Gasteiger partial charge is 0.119 e. The molecule has 0 saturated carbocycles. The topological polar surface area (TPSA) is 48.1 Å². The van der Waals surface area contributed by atoms with E-state index in [-0.39, 0.29) is 24.8 Å². The highest BCUT2D eigenvalue weighted by Crippen LogP contribution is 2.19. The predicted octanol–water partition coefficient (Wildman–Crippen LogP) is 2.55. The van der Waals surface area contributed by atoms with Crippen molar-refractivity contribution in [1.29, 1.82) is 0 Å². The van der Waals surface area contributed by atoms with Crippen molar-refractivity contribution in [2.75, 3.05) is 7.11 Å². The zero-order chi connectivity index (χ0) is 9.97. The van der Waals surface area contributed by atoms with Gasteiger partial charge in [-0.3, -0.25) is 4.98 Å². The predicted molar refractivity (Wildman–Crippen MR) is 70.7 cm³/mol. The minimum absolute atomic E-state index is 0. The molecule has 0 aliphatic rings. The van der Waals surface area contributed by atoms with Gasteiger partial charge in [-0.2, -0.15) is 0 Å². The molecule has 0 amide bonds. The van der Waals surface area contributed by atoms with E-state index in [9.17, 15) is 0 Å². The molecule has 0 radical (unpaired) electrons. The second-order valence-corrected chi connectivity index (χ2v) is 3.07. The lowest BCUT2D eigenvalue weighted by molar-refractivity contribution is 0.415. The van der Waals surface area contributed by atoms with Crippen molar-refractivity contribution in [2.24, 2.45) is 5.73 Å². The number of aromatic nitrogens is 1. The maximum Gasteiger partial charge on any atom is 0.119 e. The summed E-state index contributed by atoms with van der Waals surface area (Å²) in [5, 5.41) is 1.07. The van der Waals surface area contributed by atoms with Gasteiger partial charge in [0, 0.05) is 11.9 Å². The molecule has 2 aromatic rings. The molecule has 1 heterocycles. The van der Waals surface area contributed by atoms with Crippen LogP contribution in [0, 0.1) is 0 Å². The van der Waals surface area contributed by atoms with E-state index in [1.54, 1.807) is 7.11 Å². The van der Waals surface area contributed by atoms with Gasteiger partial charge >= 0.3 is 0 Å². The molecule has 0 bridgehead atoms. The maximum absolute atomic E-state index is 5.51. The average molecular weight is 261 g/mol. The van der Waals surface area contributed by atoms with Gasteiger partial charge in [0.2, 0.25) is 0 Å². The van der Waals surface area contributed by atoms with Crippen LogP contribution in [0.2, 0.25) is 0 Å². The van der Waals surface area contributed by atoms with Gasteiger partial charge < -0.3 is 10.5 Å². The molecule has 0 fully saturated rings. The highest BCUT2D eigenvalue weighted by molar-refractivity contribution is 5.85. The molecule has 3 nitrogen and oxygen atoms in total. The molecular formula is C11H14Cl2N2O. The third-order valence-corrected chi connectivity index (χ3v) is 2.16. The van der Waals surface area contributed by atoms with Crippen molar-refractivity contribution in [3.63, 3.8) is 0 Å². The highest BCUT2D eigenvalue weighted by Gasteiger charge is 1.98. The molecule has 0 unspecified atom stereocenters. The number of pyridine rings is 1. The standard InChI is InChI=1S/C11H12N2O.2ClH/c1-14-10-4-5-11-8(6-10)2-3-9(7-12)13-11;;/h2-6H,7,12H2,1H3;2*1H. The third-order valence-electron chi connectivity index (χ3n) is 2.16. The first-order valence-corrected chi connectivity index (χ1v) is 4.47. The number of nitrogens with two attached hydrogens (primary N) is 1. The van der Waals surface area contributed by atoms with Crippen LogP contribution in [0.3, 0.4) is 0 Å². The van der Waals surface area contributed by atoms with Crippen molar-refractivity contribution in [3.05, 3.63) is 36.0 Å². The Morgan fingerprint density at radius 1 is 1.19 bits per heavy atom. The Labute approximate surface area is 107 Å². The molecule has 0 atom stereocenters. The lowest BCUT2D eigenvalue weighted by Gasteiger charge is -2.03. The van der Waals surface area contributed by atoms with Crippen LogP contribution >= 0.6 is 24.8 Å². The minimum atomic E-state index is 0. The number of halogens is 2. The van der Waals surface area contributed by atoms with E-state index in [4.69, 9.17) is 10.5 Å². The quantitative estimate of drug-likeness (QED) is 0.903. The number of rotatable bonds is 2. The largest absolute Gasteiger partial charge is 0.497 e. The van der Waals surface area contributed by atoms with Gasteiger partial charge in [0.05, 0.1) is 18.3 Å². The lowest BCUT2D eigenvalue weighted by Crippen LogP contribution is -1.99. The molecule has 5 heteroatoms. The van der Waals surface area contributed by atoms with Crippen LogP contribution in [0.1, 0.15) is 5.69 Å². The van der Waals surface area contributed by atoms with Gasteiger partial charge in [0.1, 0.15) is 5.75 Å². The van der Waals surface area contributed by atoms with E-state index in [2.05, 4.69) is 4.98 Å². The van der Waals surface area contributed by atoms with Gasteiger partial charge in [-0.1, -0.05) is 6.07 Å². The Morgan fingerprint density at radius 2 is 1.94 bits per heavy atom. The van der Waals surface area contributed by atoms with Crippen LogP contribution in [0.4, 0.5) is 0 Å². The summed E-state index contributed by atoms with van der Waals surface area (Å²) in [5.74, 6) is 0.847. The van der Waals surface area contributed by atoms with Crippen molar-refractivity contribution in [3.8, 4) is 5.75 Å². The van der Waals surface area contributed by atoms with Crippen molar-refractivity contribution in [1.82, 2.24) is 4.98 Å². The number of benzene rings is 1. The van der Waals surface area contributed by atoms with Gasteiger partial charge in [-0.05, 0) is 24.3 Å². The Hall–Kier alpha value is -1.03. The number of hydrogen-bond donors (Lipinski definition) is 1. The average Bonchev–Trinajstić information content (AvgIpc) is 2.27. The Balaban J connectivity index is 0.00000112. The first-order valence-electron chi connectivity index (χ1n) is 4.47. The summed E-state index contributed by atoms with van der Waals surface area (Å²) < 4.78 is 5.13. The van der Waals surface area contributed by atoms with E-state index in [0.717, 1.165) is 22.3 Å². The highest BCUT2D eigenvalue weighted by atomic mass is 35.5. The fourth-order valence-corrected chi connectivity index (χ4v) is 1.39. The van der Waals surface area contributed by atoms with E-state index in [1.165, 1.54) is 0 Å². The molecule has 0 aliphatic carbocycles. The maximum atomic E-state index is 5.51. The van der Waals surface area contributed by atoms with Crippen molar-refractivity contribution >= 4 is 35.7 Å². The molecule has 0 saturated heterocycles. The first kappa shape index (κ1) is 15.0. The second kappa shape index (κ2) is 6.53. The van der Waals surface area contributed by atoms with E-state index in [0.29, 0.717) is 6.54 Å². The minimum Gasteiger partial charge on any atom is -0.497 e. The van der Waals surface area contributed by atoms with E-state index in [1.807, 2.05) is 30.3 Å². The van der Waals surface area contributed by atoms with Crippen LogP contribution in [0.25, 0.3) is 10.9 Å². The van der Waals surface area contributed by atoms with Crippen LogP contribution in [0.5, 0.6) is 5.75 Å². The summed E-state index contributed by atoms with van der Waals surface area (Å²) >= 11 is 0. The van der Waals surface area contributed by atoms with Crippen LogP contribution in [0.15, 0.2) is 30.3 Å². The van der Waals surface area contributed by atoms with Crippen LogP contribution in [-0.4, -0.2) is 12.1 Å². The molecule has 16 heavy (non-hydrogen) atoms. The van der Waals surface area contributed by atoms with Gasteiger partial charge in [-0.25, -0.2) is 0 Å². The summed E-state index contributed by atoms with van der Waals surface area (Å²) in [6.07, 6.45) is 0. The fraction of sp³-hybridized carbons (Fsp3) is 0.182. The van der Waals surface area contributed by atoms with Gasteiger partial charge in [-0.15, -0.1) is 24.8 Å². The Bertz CT molecular complexity index is 419. The number of hydrogen-bond acceptors (Lipinski definition) is 3. The zero-order valence-corrected chi connectivity index (χ0v) is 10.5. The lowest BCUT2D eigenvalue weighted by atomic mass is 10.2. The number of ether oxygens (including phenoxy) is 1. The van der Waals surface area contributed by atoms with Crippen molar-refractivity contribution in [2.45, 2.75) is 6.54 Å². The molecule has 1 aromatic carbocycles. The molecule has 1 aromatic heterocycles. The van der Waals surface area contributed by atoms with Gasteiger partial charge in [0.15, 0.2) is 0 Å². The summed E-state index contributed by atoms with van der Waals surface area (Å²) in [6.45, 7) is 0.474. The summed E-state index contributed by atoms with van der Waals surface area (Å²) in [5.41, 5.74) is 7.37. The molecule has 2 N–H and O–H groups in total. The first-order chi connectivity index (χ1) is 6.83. The zero-order valence-electron chi connectivity index (χ0n) is 8.84. The van der Waals surface area contributed by atoms with E-state index >= 15 is 0 Å². The normalized spacial score (nSPS) is 9.12. The third kappa shape index (κ3) is 2.98. The monoisotopic (exact) mass is 260 g/mol. The fourth-order valence-electron chi connectivity index (χ4n) is 1.39. The Kier molecular flexibility index (Phi) is 6.11. The van der Waals surface area contributed by atoms with Gasteiger partial charge in [0.25, 0.3) is 0 Å². The molecular weight excluding hydrogens is 247 g/mol. The Morgan fingerprint density at radius 3 is 2.56 bits per heavy atom. The molecule has 88 valence electrons. The molecule has 2 rings (SSSR count). The summed E-state index contributed by atoms with van der Waals surface area (Å²) in [7, 11) is 1.66. The van der Waals surface area contributed by atoms with Crippen LogP contribution in [-0.2, 0) is 6.54 Å². The SMILES string of the molecule is COc1ccc2nc(CN)ccc2c1.Cl.Cl.